The van der Waals surface area contributed by atoms with Crippen LogP contribution in [0.5, 0.6) is 0 Å². The van der Waals surface area contributed by atoms with E-state index in [2.05, 4.69) is 16.8 Å². The molecule has 13 heavy (non-hydrogen) atoms. The quantitative estimate of drug-likeness (QED) is 0.508. The maximum Gasteiger partial charge on any atom is 0.0376 e. The average molecular weight is 181 g/mol. The largest absolute Gasteiger partial charge is 0.369 e. The Bertz CT molecular complexity index is 190. The number of hydrogen-bond donors (Lipinski definition) is 2. The minimum absolute atomic E-state index is 0. The molecule has 0 spiro atoms. The molecule has 0 radical (unpaired) electrons. The lowest BCUT2D eigenvalue weighted by Crippen LogP contribution is -2.42. The number of rotatable bonds is 3. The molecular weight excluding hydrogens is 162 g/mol. The molecule has 0 unspecified atom stereocenters. The molecule has 1 rings (SSSR count). The first-order valence-corrected chi connectivity index (χ1v) is 4.17. The van der Waals surface area contributed by atoms with Gasteiger partial charge in [0.1, 0.15) is 0 Å². The van der Waals surface area contributed by atoms with Gasteiger partial charge in [-0.05, 0) is 12.2 Å². The van der Waals surface area contributed by atoms with E-state index in [9.17, 15) is 0 Å². The van der Waals surface area contributed by atoms with Gasteiger partial charge in [0.25, 0.3) is 0 Å². The Morgan fingerprint density at radius 3 is 2.46 bits per heavy atom. The summed E-state index contributed by atoms with van der Waals surface area (Å²) >= 11 is 0. The molecule has 1 aliphatic heterocycles. The summed E-state index contributed by atoms with van der Waals surface area (Å²) in [5, 5.41) is 10.2. The topological polar surface area (TPSA) is 39.1 Å². The van der Waals surface area contributed by atoms with Crippen LogP contribution in [-0.2, 0) is 0 Å². The summed E-state index contributed by atoms with van der Waals surface area (Å²) in [4.78, 5) is 2.23. The fourth-order valence-electron chi connectivity index (χ4n) is 1.31. The van der Waals surface area contributed by atoms with E-state index in [1.165, 1.54) is 6.21 Å². The van der Waals surface area contributed by atoms with Crippen LogP contribution in [0.3, 0.4) is 0 Å². The van der Waals surface area contributed by atoms with Gasteiger partial charge >= 0.3 is 0 Å². The van der Waals surface area contributed by atoms with Gasteiger partial charge in [0.2, 0.25) is 0 Å². The maximum absolute atomic E-state index is 6.96. The van der Waals surface area contributed by atoms with Crippen LogP contribution in [0.25, 0.3) is 0 Å². The van der Waals surface area contributed by atoms with Crippen LogP contribution in [0.4, 0.5) is 0 Å². The zero-order chi connectivity index (χ0) is 8.81. The number of allylic oxidation sites excluding steroid dienone is 2. The molecule has 0 saturated carbocycles. The smallest absolute Gasteiger partial charge is 0.0376 e. The minimum Gasteiger partial charge on any atom is -0.369 e. The maximum atomic E-state index is 6.96. The number of nitrogens with zero attached hydrogens (tertiary/aromatic N) is 1. The molecule has 1 heterocycles. The molecule has 0 aromatic carbocycles. The molecule has 0 aliphatic carbocycles. The normalized spacial score (nSPS) is 17.5. The van der Waals surface area contributed by atoms with Crippen LogP contribution in [0.2, 0.25) is 0 Å². The Labute approximate surface area is 80.6 Å². The average Bonchev–Trinajstić information content (AvgIpc) is 2.15. The van der Waals surface area contributed by atoms with Gasteiger partial charge in [0.05, 0.1) is 0 Å². The third-order valence-corrected chi connectivity index (χ3v) is 1.95. The summed E-state index contributed by atoms with van der Waals surface area (Å²) in [5.41, 5.74) is 1.05. The molecule has 3 heteroatoms. The van der Waals surface area contributed by atoms with Crippen LogP contribution in [0, 0.1) is 5.41 Å². The van der Waals surface area contributed by atoms with Crippen molar-refractivity contribution >= 4 is 6.21 Å². The van der Waals surface area contributed by atoms with Gasteiger partial charge < -0.3 is 15.6 Å². The second-order valence-electron chi connectivity index (χ2n) is 2.70. The molecule has 0 aromatic heterocycles. The highest BCUT2D eigenvalue weighted by atomic mass is 15.2. The van der Waals surface area contributed by atoms with Gasteiger partial charge in [-0.25, -0.2) is 0 Å². The summed E-state index contributed by atoms with van der Waals surface area (Å²) < 4.78 is 0. The highest BCUT2D eigenvalue weighted by molar-refractivity contribution is 5.69. The third-order valence-electron chi connectivity index (χ3n) is 1.95. The van der Waals surface area contributed by atoms with Crippen LogP contribution >= 0.6 is 0 Å². The van der Waals surface area contributed by atoms with Crippen molar-refractivity contribution in [1.29, 1.82) is 5.41 Å². The highest BCUT2D eigenvalue weighted by Gasteiger charge is 2.09. The summed E-state index contributed by atoms with van der Waals surface area (Å²) in [6, 6.07) is 0. The van der Waals surface area contributed by atoms with E-state index >= 15 is 0 Å². The molecule has 0 amide bonds. The van der Waals surface area contributed by atoms with Gasteiger partial charge in [0.15, 0.2) is 0 Å². The SMILES string of the molecule is C.C=C/C(=C\C=N)N1CCNCC1. The Morgan fingerprint density at radius 2 is 2.00 bits per heavy atom. The van der Waals surface area contributed by atoms with Crippen LogP contribution < -0.4 is 5.32 Å². The minimum atomic E-state index is 0. The Hall–Kier alpha value is -1.09. The first kappa shape index (κ1) is 11.9. The summed E-state index contributed by atoms with van der Waals surface area (Å²) in [7, 11) is 0. The fraction of sp³-hybridized carbons (Fsp3) is 0.500. The van der Waals surface area contributed by atoms with Crippen molar-refractivity contribution in [3.63, 3.8) is 0 Å². The van der Waals surface area contributed by atoms with Crippen LogP contribution in [0.1, 0.15) is 7.43 Å². The Morgan fingerprint density at radius 1 is 1.38 bits per heavy atom. The monoisotopic (exact) mass is 181 g/mol. The van der Waals surface area contributed by atoms with Crippen molar-refractivity contribution in [2.75, 3.05) is 26.2 Å². The van der Waals surface area contributed by atoms with E-state index in [0.717, 1.165) is 31.9 Å². The molecule has 2 N–H and O–H groups in total. The lowest BCUT2D eigenvalue weighted by molar-refractivity contribution is 0.308. The first-order chi connectivity index (χ1) is 5.88. The van der Waals surface area contributed by atoms with E-state index in [0.29, 0.717) is 0 Å². The van der Waals surface area contributed by atoms with Crippen molar-refractivity contribution in [1.82, 2.24) is 10.2 Å². The van der Waals surface area contributed by atoms with Gasteiger partial charge in [-0.1, -0.05) is 14.0 Å². The van der Waals surface area contributed by atoms with Crippen molar-refractivity contribution in [3.8, 4) is 0 Å². The van der Waals surface area contributed by atoms with Gasteiger partial charge in [-0.3, -0.25) is 0 Å². The van der Waals surface area contributed by atoms with Crippen molar-refractivity contribution in [2.45, 2.75) is 7.43 Å². The molecule has 0 atom stereocenters. The zero-order valence-electron chi connectivity index (χ0n) is 7.21. The summed E-state index contributed by atoms with van der Waals surface area (Å²) in [6.07, 6.45) is 4.88. The third kappa shape index (κ3) is 3.42. The first-order valence-electron chi connectivity index (χ1n) is 4.17. The lowest BCUT2D eigenvalue weighted by atomic mass is 10.3. The van der Waals surface area contributed by atoms with E-state index in [4.69, 9.17) is 5.41 Å². The standard InChI is InChI=1S/C9H15N3.CH4/c1-2-9(3-4-10)12-7-5-11-6-8-12;/h2-4,10-11H,1,5-8H2;1H4/b9-3+,10-4?;. The Balaban J connectivity index is 0.00000144. The van der Waals surface area contributed by atoms with Crippen LogP contribution in [0.15, 0.2) is 24.4 Å². The molecule has 74 valence electrons. The highest BCUT2D eigenvalue weighted by Crippen LogP contribution is 2.05. The molecule has 0 aromatic rings. The lowest BCUT2D eigenvalue weighted by Gasteiger charge is -2.29. The number of nitrogens with one attached hydrogen (secondary N) is 2. The molecular formula is C10H19N3. The predicted molar refractivity (Wildman–Crippen MR) is 58.2 cm³/mol. The summed E-state index contributed by atoms with van der Waals surface area (Å²) in [6.45, 7) is 7.77. The zero-order valence-corrected chi connectivity index (χ0v) is 7.21. The van der Waals surface area contributed by atoms with Gasteiger partial charge in [0, 0.05) is 38.1 Å². The van der Waals surface area contributed by atoms with Gasteiger partial charge in [-0.2, -0.15) is 0 Å². The Kier molecular flexibility index (Phi) is 5.89. The molecule has 1 saturated heterocycles. The van der Waals surface area contributed by atoms with Crippen molar-refractivity contribution < 1.29 is 0 Å². The van der Waals surface area contributed by atoms with Crippen molar-refractivity contribution in [2.24, 2.45) is 0 Å². The number of piperazine rings is 1. The number of hydrogen-bond acceptors (Lipinski definition) is 3. The van der Waals surface area contributed by atoms with Crippen LogP contribution in [-0.4, -0.2) is 37.3 Å². The van der Waals surface area contributed by atoms with Crippen molar-refractivity contribution in [3.05, 3.63) is 24.4 Å². The van der Waals surface area contributed by atoms with Gasteiger partial charge in [-0.15, -0.1) is 0 Å². The molecule has 3 nitrogen and oxygen atoms in total. The molecule has 1 fully saturated rings. The second-order valence-corrected chi connectivity index (χ2v) is 2.70. The second kappa shape index (κ2) is 6.43. The van der Waals surface area contributed by atoms with E-state index in [1.54, 1.807) is 12.2 Å². The summed E-state index contributed by atoms with van der Waals surface area (Å²) in [5.74, 6) is 0. The van der Waals surface area contributed by atoms with E-state index in [-0.39, 0.29) is 7.43 Å². The molecule has 1 aliphatic rings. The fourth-order valence-corrected chi connectivity index (χ4v) is 1.31. The predicted octanol–water partition coefficient (Wildman–Crippen LogP) is 1.25. The molecule has 0 bridgehead atoms. The van der Waals surface area contributed by atoms with E-state index < -0.39 is 0 Å². The van der Waals surface area contributed by atoms with E-state index in [1.807, 2.05) is 0 Å².